The van der Waals surface area contributed by atoms with Gasteiger partial charge >= 0.3 is 0 Å². The third-order valence-corrected chi connectivity index (χ3v) is 3.43. The van der Waals surface area contributed by atoms with Crippen LogP contribution in [0.2, 0.25) is 0 Å². The van der Waals surface area contributed by atoms with Crippen LogP contribution in [0.4, 0.5) is 0 Å². The van der Waals surface area contributed by atoms with Gasteiger partial charge in [0.1, 0.15) is 5.75 Å². The first kappa shape index (κ1) is 12.4. The minimum absolute atomic E-state index is 0.308. The van der Waals surface area contributed by atoms with Crippen LogP contribution in [-0.4, -0.2) is 25.9 Å². The van der Waals surface area contributed by atoms with E-state index in [9.17, 15) is 0 Å². The summed E-state index contributed by atoms with van der Waals surface area (Å²) >= 11 is 0. The molecular weight excluding hydrogens is 214 g/mol. The van der Waals surface area contributed by atoms with E-state index in [0.717, 1.165) is 18.8 Å². The number of benzene rings is 1. The van der Waals surface area contributed by atoms with Crippen molar-refractivity contribution in [2.24, 2.45) is 0 Å². The SMILES string of the molecule is COc1cccc(C(C)NC2CCOC2C)c1. The van der Waals surface area contributed by atoms with Gasteiger partial charge in [-0.05, 0) is 38.0 Å². The van der Waals surface area contributed by atoms with Crippen LogP contribution in [0.15, 0.2) is 24.3 Å². The molecule has 0 aliphatic carbocycles. The van der Waals surface area contributed by atoms with Gasteiger partial charge in [0, 0.05) is 18.7 Å². The van der Waals surface area contributed by atoms with Crippen LogP contribution in [0.1, 0.15) is 31.9 Å². The van der Waals surface area contributed by atoms with Gasteiger partial charge in [-0.3, -0.25) is 0 Å². The fourth-order valence-electron chi connectivity index (χ4n) is 2.28. The highest BCUT2D eigenvalue weighted by molar-refractivity contribution is 5.30. The molecule has 1 heterocycles. The lowest BCUT2D eigenvalue weighted by Crippen LogP contribution is -2.36. The average molecular weight is 235 g/mol. The van der Waals surface area contributed by atoms with E-state index in [4.69, 9.17) is 9.47 Å². The average Bonchev–Trinajstić information content (AvgIpc) is 2.75. The van der Waals surface area contributed by atoms with Gasteiger partial charge in [-0.25, -0.2) is 0 Å². The summed E-state index contributed by atoms with van der Waals surface area (Å²) in [6, 6.07) is 8.98. The molecule has 2 rings (SSSR count). The molecule has 1 aliphatic heterocycles. The van der Waals surface area contributed by atoms with Crippen LogP contribution >= 0.6 is 0 Å². The summed E-state index contributed by atoms with van der Waals surface area (Å²) in [6.45, 7) is 5.17. The van der Waals surface area contributed by atoms with Gasteiger partial charge in [0.15, 0.2) is 0 Å². The lowest BCUT2D eigenvalue weighted by Gasteiger charge is -2.22. The molecule has 3 unspecified atom stereocenters. The van der Waals surface area contributed by atoms with Gasteiger partial charge in [-0.15, -0.1) is 0 Å². The molecule has 0 spiro atoms. The van der Waals surface area contributed by atoms with Crippen LogP contribution < -0.4 is 10.1 Å². The Labute approximate surface area is 103 Å². The number of rotatable bonds is 4. The Kier molecular flexibility index (Phi) is 4.02. The number of methoxy groups -OCH3 is 1. The number of hydrogen-bond acceptors (Lipinski definition) is 3. The molecule has 17 heavy (non-hydrogen) atoms. The first-order valence-electron chi connectivity index (χ1n) is 6.22. The molecule has 94 valence electrons. The van der Waals surface area contributed by atoms with Crippen molar-refractivity contribution in [3.63, 3.8) is 0 Å². The summed E-state index contributed by atoms with van der Waals surface area (Å²) in [6.07, 6.45) is 1.40. The predicted molar refractivity (Wildman–Crippen MR) is 68.4 cm³/mol. The van der Waals surface area contributed by atoms with E-state index >= 15 is 0 Å². The van der Waals surface area contributed by atoms with E-state index in [1.54, 1.807) is 7.11 Å². The molecule has 0 bridgehead atoms. The summed E-state index contributed by atoms with van der Waals surface area (Å²) in [7, 11) is 1.70. The first-order valence-corrected chi connectivity index (χ1v) is 6.22. The van der Waals surface area contributed by atoms with Crippen LogP contribution in [0.25, 0.3) is 0 Å². The smallest absolute Gasteiger partial charge is 0.119 e. The second-order valence-corrected chi connectivity index (χ2v) is 4.64. The molecular formula is C14H21NO2. The van der Waals surface area contributed by atoms with Gasteiger partial charge in [-0.2, -0.15) is 0 Å². The number of nitrogens with one attached hydrogen (secondary N) is 1. The zero-order valence-electron chi connectivity index (χ0n) is 10.8. The summed E-state index contributed by atoms with van der Waals surface area (Å²) in [5, 5.41) is 3.62. The maximum atomic E-state index is 5.56. The standard InChI is InChI=1S/C14H21NO2/c1-10(15-14-7-8-17-11(14)2)12-5-4-6-13(9-12)16-3/h4-6,9-11,14-15H,7-8H2,1-3H3. The van der Waals surface area contributed by atoms with Crippen LogP contribution in [0.3, 0.4) is 0 Å². The van der Waals surface area contributed by atoms with Crippen LogP contribution in [-0.2, 0) is 4.74 Å². The Bertz CT molecular complexity index is 367. The maximum absolute atomic E-state index is 5.56. The van der Waals surface area contributed by atoms with Gasteiger partial charge in [0.2, 0.25) is 0 Å². The summed E-state index contributed by atoms with van der Waals surface area (Å²) in [4.78, 5) is 0. The minimum Gasteiger partial charge on any atom is -0.497 e. The monoisotopic (exact) mass is 235 g/mol. The fraction of sp³-hybridized carbons (Fsp3) is 0.571. The molecule has 3 atom stereocenters. The zero-order chi connectivity index (χ0) is 12.3. The van der Waals surface area contributed by atoms with E-state index in [1.165, 1.54) is 5.56 Å². The van der Waals surface area contributed by atoms with Crippen molar-refractivity contribution in [3.8, 4) is 5.75 Å². The molecule has 0 aromatic heterocycles. The highest BCUT2D eigenvalue weighted by Gasteiger charge is 2.25. The van der Waals surface area contributed by atoms with Crippen LogP contribution in [0.5, 0.6) is 5.75 Å². The molecule has 3 nitrogen and oxygen atoms in total. The first-order chi connectivity index (χ1) is 8.20. The fourth-order valence-corrected chi connectivity index (χ4v) is 2.28. The molecule has 0 amide bonds. The quantitative estimate of drug-likeness (QED) is 0.870. The molecule has 1 aromatic carbocycles. The lowest BCUT2D eigenvalue weighted by atomic mass is 10.1. The minimum atomic E-state index is 0.308. The highest BCUT2D eigenvalue weighted by Crippen LogP contribution is 2.22. The van der Waals surface area contributed by atoms with Crippen molar-refractivity contribution in [3.05, 3.63) is 29.8 Å². The van der Waals surface area contributed by atoms with E-state index in [2.05, 4.69) is 31.3 Å². The van der Waals surface area contributed by atoms with Gasteiger partial charge < -0.3 is 14.8 Å². The molecule has 1 saturated heterocycles. The van der Waals surface area contributed by atoms with E-state index in [1.807, 2.05) is 12.1 Å². The summed E-state index contributed by atoms with van der Waals surface area (Å²) in [5.41, 5.74) is 1.25. The Morgan fingerprint density at radius 3 is 2.94 bits per heavy atom. The number of ether oxygens (including phenoxy) is 2. The zero-order valence-corrected chi connectivity index (χ0v) is 10.8. The van der Waals surface area contributed by atoms with Crippen molar-refractivity contribution >= 4 is 0 Å². The third-order valence-electron chi connectivity index (χ3n) is 3.43. The van der Waals surface area contributed by atoms with Crippen molar-refractivity contribution in [1.29, 1.82) is 0 Å². The third kappa shape index (κ3) is 2.99. The van der Waals surface area contributed by atoms with E-state index < -0.39 is 0 Å². The summed E-state index contributed by atoms with van der Waals surface area (Å²) < 4.78 is 10.8. The number of hydrogen-bond donors (Lipinski definition) is 1. The molecule has 1 aromatic rings. The molecule has 0 radical (unpaired) electrons. The van der Waals surface area contributed by atoms with E-state index in [-0.39, 0.29) is 0 Å². The maximum Gasteiger partial charge on any atom is 0.119 e. The lowest BCUT2D eigenvalue weighted by molar-refractivity contribution is 0.111. The summed E-state index contributed by atoms with van der Waals surface area (Å²) in [5.74, 6) is 0.909. The van der Waals surface area contributed by atoms with Gasteiger partial charge in [-0.1, -0.05) is 12.1 Å². The second kappa shape index (κ2) is 5.52. The van der Waals surface area contributed by atoms with Gasteiger partial charge in [0.25, 0.3) is 0 Å². The molecule has 1 aliphatic rings. The Balaban J connectivity index is 2.00. The second-order valence-electron chi connectivity index (χ2n) is 4.64. The van der Waals surface area contributed by atoms with E-state index in [0.29, 0.717) is 18.2 Å². The predicted octanol–water partition coefficient (Wildman–Crippen LogP) is 2.52. The van der Waals surface area contributed by atoms with Crippen molar-refractivity contribution < 1.29 is 9.47 Å². The van der Waals surface area contributed by atoms with Crippen molar-refractivity contribution in [1.82, 2.24) is 5.32 Å². The topological polar surface area (TPSA) is 30.5 Å². The molecule has 1 N–H and O–H groups in total. The molecule has 1 fully saturated rings. The Morgan fingerprint density at radius 2 is 2.29 bits per heavy atom. The highest BCUT2D eigenvalue weighted by atomic mass is 16.5. The normalized spacial score (nSPS) is 25.8. The van der Waals surface area contributed by atoms with Gasteiger partial charge in [0.05, 0.1) is 13.2 Å². The van der Waals surface area contributed by atoms with Crippen LogP contribution in [0, 0.1) is 0 Å². The van der Waals surface area contributed by atoms with Crippen molar-refractivity contribution in [2.75, 3.05) is 13.7 Å². The molecule has 3 heteroatoms. The Morgan fingerprint density at radius 1 is 1.47 bits per heavy atom. The molecule has 0 saturated carbocycles. The van der Waals surface area contributed by atoms with Crippen molar-refractivity contribution in [2.45, 2.75) is 38.5 Å². The Hall–Kier alpha value is -1.06. The largest absolute Gasteiger partial charge is 0.497 e.